The molecule has 2 N–H and O–H groups in total. The molecule has 0 aliphatic carbocycles. The molecule has 0 fully saturated rings. The van der Waals surface area contributed by atoms with Crippen LogP contribution in [0.5, 0.6) is 0 Å². The van der Waals surface area contributed by atoms with E-state index in [0.29, 0.717) is 16.8 Å². The molecule has 0 radical (unpaired) electrons. The Bertz CT molecular complexity index is 712. The first-order chi connectivity index (χ1) is 9.42. The molecule has 0 bridgehead atoms. The first-order valence-electron chi connectivity index (χ1n) is 5.88. The average molecular weight is 359 g/mol. The topological polar surface area (TPSA) is 76.0 Å². The summed E-state index contributed by atoms with van der Waals surface area (Å²) < 4.78 is 29.3. The number of nitrogens with zero attached hydrogens (tertiary/aromatic N) is 2. The molecule has 1 heterocycles. The largest absolute Gasteiger partial charge is 0.316 e. The Morgan fingerprint density at radius 3 is 2.70 bits per heavy atom. The summed E-state index contributed by atoms with van der Waals surface area (Å²) in [6.07, 6.45) is 1.67. The zero-order valence-corrected chi connectivity index (χ0v) is 13.5. The van der Waals surface area contributed by atoms with Crippen LogP contribution in [0.1, 0.15) is 5.56 Å². The maximum Gasteiger partial charge on any atom is 0.264 e. The van der Waals surface area contributed by atoms with Gasteiger partial charge in [0.1, 0.15) is 4.90 Å². The maximum atomic E-state index is 12.4. The van der Waals surface area contributed by atoms with Crippen molar-refractivity contribution in [1.29, 1.82) is 0 Å². The van der Waals surface area contributed by atoms with Gasteiger partial charge in [-0.15, -0.1) is 0 Å². The van der Waals surface area contributed by atoms with Crippen LogP contribution < -0.4 is 10.0 Å². The van der Waals surface area contributed by atoms with E-state index in [-0.39, 0.29) is 4.90 Å². The number of sulfonamides is 1. The number of halogens is 1. The number of aromatic nitrogens is 2. The second-order valence-electron chi connectivity index (χ2n) is 4.28. The third-order valence-corrected chi connectivity index (χ3v) is 4.97. The summed E-state index contributed by atoms with van der Waals surface area (Å²) in [5.41, 5.74) is 0.886. The molecule has 108 valence electrons. The van der Waals surface area contributed by atoms with Gasteiger partial charge in [-0.2, -0.15) is 5.10 Å². The van der Waals surface area contributed by atoms with E-state index in [1.165, 1.54) is 4.68 Å². The lowest BCUT2D eigenvalue weighted by atomic mass is 10.2. The zero-order chi connectivity index (χ0) is 14.8. The van der Waals surface area contributed by atoms with Crippen LogP contribution in [0.4, 0.5) is 5.82 Å². The lowest BCUT2D eigenvalue weighted by Crippen LogP contribution is -2.15. The number of aryl methyl sites for hydroxylation is 1. The lowest BCUT2D eigenvalue weighted by Gasteiger charge is -2.09. The number of benzene rings is 1. The van der Waals surface area contributed by atoms with Crippen molar-refractivity contribution in [2.24, 2.45) is 7.05 Å². The van der Waals surface area contributed by atoms with Gasteiger partial charge in [0.15, 0.2) is 5.82 Å². The predicted octanol–water partition coefficient (Wildman–Crippen LogP) is 1.70. The Kier molecular flexibility index (Phi) is 4.46. The third kappa shape index (κ3) is 3.38. The summed E-state index contributed by atoms with van der Waals surface area (Å²) in [5, 5.41) is 7.00. The highest BCUT2D eigenvalue weighted by Crippen LogP contribution is 2.25. The minimum Gasteiger partial charge on any atom is -0.316 e. The van der Waals surface area contributed by atoms with Gasteiger partial charge in [-0.05, 0) is 40.7 Å². The molecule has 2 rings (SSSR count). The number of anilines is 1. The van der Waals surface area contributed by atoms with Crippen molar-refractivity contribution in [3.63, 3.8) is 0 Å². The maximum absolute atomic E-state index is 12.4. The smallest absolute Gasteiger partial charge is 0.264 e. The molecule has 0 saturated heterocycles. The molecule has 1 aromatic carbocycles. The van der Waals surface area contributed by atoms with Crippen LogP contribution in [0.15, 0.2) is 39.8 Å². The van der Waals surface area contributed by atoms with Crippen LogP contribution in [0.3, 0.4) is 0 Å². The minimum absolute atomic E-state index is 0.191. The van der Waals surface area contributed by atoms with Gasteiger partial charge < -0.3 is 5.32 Å². The Morgan fingerprint density at radius 2 is 2.10 bits per heavy atom. The normalized spacial score (nSPS) is 11.6. The molecule has 0 spiro atoms. The van der Waals surface area contributed by atoms with E-state index >= 15 is 0 Å². The van der Waals surface area contributed by atoms with Crippen LogP contribution in [-0.2, 0) is 23.6 Å². The van der Waals surface area contributed by atoms with E-state index in [2.05, 4.69) is 31.1 Å². The first kappa shape index (κ1) is 15.0. The van der Waals surface area contributed by atoms with Crippen LogP contribution in [0.2, 0.25) is 0 Å². The van der Waals surface area contributed by atoms with Crippen molar-refractivity contribution in [3.8, 4) is 0 Å². The van der Waals surface area contributed by atoms with Crippen molar-refractivity contribution >= 4 is 31.8 Å². The summed E-state index contributed by atoms with van der Waals surface area (Å²) >= 11 is 3.27. The molecule has 0 aliphatic rings. The van der Waals surface area contributed by atoms with Gasteiger partial charge in [0.2, 0.25) is 0 Å². The fourth-order valence-corrected chi connectivity index (χ4v) is 3.74. The summed E-state index contributed by atoms with van der Waals surface area (Å²) in [4.78, 5) is 0.191. The van der Waals surface area contributed by atoms with Gasteiger partial charge >= 0.3 is 0 Å². The number of hydrogen-bond acceptors (Lipinski definition) is 4. The molecule has 8 heteroatoms. The second kappa shape index (κ2) is 5.94. The van der Waals surface area contributed by atoms with Gasteiger partial charge in [0.05, 0.1) is 0 Å². The van der Waals surface area contributed by atoms with Crippen molar-refractivity contribution in [2.75, 3.05) is 11.8 Å². The van der Waals surface area contributed by atoms with Gasteiger partial charge in [0.25, 0.3) is 10.0 Å². The summed E-state index contributed by atoms with van der Waals surface area (Å²) in [6, 6.07) is 6.81. The Labute approximate surface area is 126 Å². The van der Waals surface area contributed by atoms with Crippen molar-refractivity contribution < 1.29 is 8.42 Å². The van der Waals surface area contributed by atoms with Gasteiger partial charge in [-0.3, -0.25) is 9.40 Å². The molecule has 0 unspecified atom stereocenters. The highest BCUT2D eigenvalue weighted by atomic mass is 79.9. The molecule has 0 amide bonds. The highest BCUT2D eigenvalue weighted by molar-refractivity contribution is 9.10. The van der Waals surface area contributed by atoms with E-state index in [0.717, 1.165) is 5.56 Å². The predicted molar refractivity (Wildman–Crippen MR) is 80.9 cm³/mol. The minimum atomic E-state index is -3.67. The summed E-state index contributed by atoms with van der Waals surface area (Å²) in [5.74, 6) is 0.290. The standard InChI is InChI=1S/C12H15BrN4O2S/c1-14-8-9-3-4-10(13)11(7-9)20(18,19)16-12-5-6-17(2)15-12/h3-7,14H,8H2,1-2H3,(H,15,16). The Hall–Kier alpha value is -1.38. The van der Waals surface area contributed by atoms with Crippen LogP contribution in [0.25, 0.3) is 0 Å². The molecule has 20 heavy (non-hydrogen) atoms. The van der Waals surface area contributed by atoms with Crippen molar-refractivity contribution in [3.05, 3.63) is 40.5 Å². The zero-order valence-electron chi connectivity index (χ0n) is 11.1. The fraction of sp³-hybridized carbons (Fsp3) is 0.250. The van der Waals surface area contributed by atoms with Crippen LogP contribution >= 0.6 is 15.9 Å². The van der Waals surface area contributed by atoms with Crippen LogP contribution in [-0.4, -0.2) is 25.2 Å². The molecule has 6 nitrogen and oxygen atoms in total. The average Bonchev–Trinajstić information content (AvgIpc) is 2.76. The molecule has 0 aliphatic heterocycles. The summed E-state index contributed by atoms with van der Waals surface area (Å²) in [7, 11) is -0.141. The third-order valence-electron chi connectivity index (χ3n) is 2.62. The van der Waals surface area contributed by atoms with E-state index in [1.54, 1.807) is 31.4 Å². The van der Waals surface area contributed by atoms with E-state index in [4.69, 9.17) is 0 Å². The molecule has 1 aromatic heterocycles. The quantitative estimate of drug-likeness (QED) is 0.852. The van der Waals surface area contributed by atoms with E-state index in [9.17, 15) is 8.42 Å². The monoisotopic (exact) mass is 358 g/mol. The fourth-order valence-electron chi connectivity index (χ4n) is 1.73. The van der Waals surface area contributed by atoms with Gasteiger partial charge in [-0.1, -0.05) is 6.07 Å². The van der Waals surface area contributed by atoms with Crippen LogP contribution in [0, 0.1) is 0 Å². The highest BCUT2D eigenvalue weighted by Gasteiger charge is 2.19. The van der Waals surface area contributed by atoms with E-state index < -0.39 is 10.0 Å². The SMILES string of the molecule is CNCc1ccc(Br)c(S(=O)(=O)Nc2ccn(C)n2)c1. The lowest BCUT2D eigenvalue weighted by molar-refractivity contribution is 0.600. The molecule has 2 aromatic rings. The number of hydrogen-bond donors (Lipinski definition) is 2. The van der Waals surface area contributed by atoms with Crippen molar-refractivity contribution in [1.82, 2.24) is 15.1 Å². The van der Waals surface area contributed by atoms with E-state index in [1.807, 2.05) is 13.1 Å². The Balaban J connectivity index is 2.35. The van der Waals surface area contributed by atoms with Gasteiger partial charge in [0, 0.05) is 30.3 Å². The molecular weight excluding hydrogens is 344 g/mol. The molecule has 0 saturated carbocycles. The second-order valence-corrected chi connectivity index (χ2v) is 6.78. The Morgan fingerprint density at radius 1 is 1.35 bits per heavy atom. The number of nitrogens with one attached hydrogen (secondary N) is 2. The van der Waals surface area contributed by atoms with Crippen molar-refractivity contribution in [2.45, 2.75) is 11.4 Å². The van der Waals surface area contributed by atoms with Gasteiger partial charge in [-0.25, -0.2) is 8.42 Å². The molecule has 0 atom stereocenters. The first-order valence-corrected chi connectivity index (χ1v) is 8.15. The molecular formula is C12H15BrN4O2S. The number of rotatable bonds is 5. The summed E-state index contributed by atoms with van der Waals surface area (Å²) in [6.45, 7) is 0.597.